The molecule has 38 heavy (non-hydrogen) atoms. The van der Waals surface area contributed by atoms with Crippen LogP contribution >= 0.6 is 0 Å². The van der Waals surface area contributed by atoms with Crippen molar-refractivity contribution in [1.82, 2.24) is 5.32 Å². The molecule has 0 aromatic heterocycles. The Hall–Kier alpha value is -3.09. The van der Waals surface area contributed by atoms with E-state index in [2.05, 4.69) is 66.9 Å². The molecule has 0 fully saturated rings. The van der Waals surface area contributed by atoms with Crippen molar-refractivity contribution >= 4 is 18.0 Å². The first-order valence-electron chi connectivity index (χ1n) is 13.8. The van der Waals surface area contributed by atoms with E-state index in [1.807, 2.05) is 19.9 Å². The molecule has 0 heterocycles. The molecule has 214 valence electrons. The number of carbonyl (C=O) groups is 3. The van der Waals surface area contributed by atoms with Crippen LogP contribution in [-0.2, 0) is 19.1 Å². The lowest BCUT2D eigenvalue weighted by Gasteiger charge is -2.19. The standard InChI is InChI=1S/C31H49NO6/c1-5-6-7-8-9-10-11-12-13-14-15-16-17-18-19-20-21-22-30(35)37-27(4)38-31(36)32-25-28(23-26(2)3)24-29(33)34/h6-7,9-10,12-13,15-16,18-19,26-28H,5,8,11,14,17,20-25H2,1-4H3,(H,32,36)(H,33,34)/b7-6-,10-9-,13-12-,16-15-,19-18-/t27?,28-/m1/s1. The van der Waals surface area contributed by atoms with Gasteiger partial charge in [0.2, 0.25) is 6.29 Å². The fourth-order valence-electron chi connectivity index (χ4n) is 3.57. The highest BCUT2D eigenvalue weighted by Crippen LogP contribution is 2.15. The topological polar surface area (TPSA) is 102 Å². The van der Waals surface area contributed by atoms with Gasteiger partial charge >= 0.3 is 18.0 Å². The predicted molar refractivity (Wildman–Crippen MR) is 154 cm³/mol. The van der Waals surface area contributed by atoms with Gasteiger partial charge in [0.15, 0.2) is 0 Å². The highest BCUT2D eigenvalue weighted by Gasteiger charge is 2.18. The summed E-state index contributed by atoms with van der Waals surface area (Å²) in [6.45, 7) is 7.80. The summed E-state index contributed by atoms with van der Waals surface area (Å²) in [5.74, 6) is -1.21. The molecule has 0 spiro atoms. The number of allylic oxidation sites excluding steroid dienone is 10. The molecule has 0 bridgehead atoms. The third-order valence-electron chi connectivity index (χ3n) is 5.28. The fourth-order valence-corrected chi connectivity index (χ4v) is 3.57. The molecule has 0 aromatic rings. The second kappa shape index (κ2) is 24.3. The Bertz CT molecular complexity index is 794. The number of amides is 1. The van der Waals surface area contributed by atoms with Crippen molar-refractivity contribution in [3.05, 3.63) is 60.8 Å². The minimum absolute atomic E-state index is 0.0269. The number of ether oxygens (including phenoxy) is 2. The van der Waals surface area contributed by atoms with Crippen LogP contribution in [-0.4, -0.2) is 36.0 Å². The number of alkyl carbamates (subject to hydrolysis) is 1. The zero-order valence-electron chi connectivity index (χ0n) is 23.8. The van der Waals surface area contributed by atoms with E-state index < -0.39 is 24.3 Å². The summed E-state index contributed by atoms with van der Waals surface area (Å²) in [5, 5.41) is 11.6. The maximum atomic E-state index is 12.0. The van der Waals surface area contributed by atoms with Gasteiger partial charge in [0.1, 0.15) is 0 Å². The lowest BCUT2D eigenvalue weighted by Crippen LogP contribution is -2.34. The fraction of sp³-hybridized carbons (Fsp3) is 0.581. The molecule has 0 saturated carbocycles. The van der Waals surface area contributed by atoms with Crippen molar-refractivity contribution in [3.8, 4) is 0 Å². The first-order valence-corrected chi connectivity index (χ1v) is 13.8. The van der Waals surface area contributed by atoms with E-state index in [4.69, 9.17) is 14.6 Å². The minimum Gasteiger partial charge on any atom is -0.481 e. The molecule has 0 aliphatic rings. The van der Waals surface area contributed by atoms with Crippen LogP contribution in [0.15, 0.2) is 60.8 Å². The van der Waals surface area contributed by atoms with Gasteiger partial charge in [-0.2, -0.15) is 0 Å². The summed E-state index contributed by atoms with van der Waals surface area (Å²) in [6, 6.07) is 0. The van der Waals surface area contributed by atoms with Crippen LogP contribution in [0.1, 0.15) is 91.9 Å². The minimum atomic E-state index is -1.01. The van der Waals surface area contributed by atoms with Crippen LogP contribution in [0.4, 0.5) is 4.79 Å². The normalized spacial score (nSPS) is 13.8. The largest absolute Gasteiger partial charge is 0.481 e. The molecule has 2 N–H and O–H groups in total. The van der Waals surface area contributed by atoms with Crippen molar-refractivity contribution < 1.29 is 29.0 Å². The molecule has 1 unspecified atom stereocenters. The quantitative estimate of drug-likeness (QED) is 0.0682. The smallest absolute Gasteiger partial charge is 0.410 e. The monoisotopic (exact) mass is 531 g/mol. The van der Waals surface area contributed by atoms with E-state index in [0.29, 0.717) is 18.8 Å². The SMILES string of the molecule is CC/C=C\C/C=C\C/C=C\C/C=C\C/C=C\CCCC(=O)OC(C)OC(=O)NC[C@@H](CC(=O)O)CC(C)C. The second-order valence-corrected chi connectivity index (χ2v) is 9.54. The molecule has 0 aromatic carbocycles. The van der Waals surface area contributed by atoms with Crippen molar-refractivity contribution in [1.29, 1.82) is 0 Å². The Morgan fingerprint density at radius 1 is 0.789 bits per heavy atom. The molecule has 7 nitrogen and oxygen atoms in total. The van der Waals surface area contributed by atoms with E-state index in [0.717, 1.165) is 38.5 Å². The molecule has 0 aliphatic heterocycles. The van der Waals surface area contributed by atoms with E-state index in [1.165, 1.54) is 6.92 Å². The molecule has 0 saturated heterocycles. The van der Waals surface area contributed by atoms with Crippen LogP contribution < -0.4 is 5.32 Å². The number of rotatable bonds is 21. The number of carbonyl (C=O) groups excluding carboxylic acids is 2. The first kappa shape index (κ1) is 34.9. The highest BCUT2D eigenvalue weighted by molar-refractivity contribution is 5.70. The van der Waals surface area contributed by atoms with E-state index in [9.17, 15) is 14.4 Å². The summed E-state index contributed by atoms with van der Waals surface area (Å²) < 4.78 is 10.2. The maximum Gasteiger partial charge on any atom is 0.410 e. The van der Waals surface area contributed by atoms with Gasteiger partial charge in [-0.25, -0.2) is 4.79 Å². The van der Waals surface area contributed by atoms with Crippen molar-refractivity contribution in [2.45, 2.75) is 98.2 Å². The Labute approximate surface area is 229 Å². The third-order valence-corrected chi connectivity index (χ3v) is 5.28. The zero-order valence-corrected chi connectivity index (χ0v) is 23.8. The van der Waals surface area contributed by atoms with Gasteiger partial charge in [-0.05, 0) is 63.2 Å². The number of aliphatic carboxylic acids is 1. The van der Waals surface area contributed by atoms with E-state index >= 15 is 0 Å². The van der Waals surface area contributed by atoms with Gasteiger partial charge in [-0.1, -0.05) is 81.5 Å². The average Bonchev–Trinajstić information content (AvgIpc) is 2.83. The number of carboxylic acid groups (broad SMARTS) is 1. The summed E-state index contributed by atoms with van der Waals surface area (Å²) in [6.07, 6.45) is 26.8. The predicted octanol–water partition coefficient (Wildman–Crippen LogP) is 7.66. The Morgan fingerprint density at radius 3 is 1.82 bits per heavy atom. The van der Waals surface area contributed by atoms with E-state index in [1.54, 1.807) is 0 Å². The number of unbranched alkanes of at least 4 members (excludes halogenated alkanes) is 1. The summed E-state index contributed by atoms with van der Waals surface area (Å²) in [4.78, 5) is 34.9. The highest BCUT2D eigenvalue weighted by atomic mass is 16.7. The molecular formula is C31H49NO6. The zero-order chi connectivity index (χ0) is 28.4. The van der Waals surface area contributed by atoms with Gasteiger partial charge in [-0.15, -0.1) is 0 Å². The molecule has 0 rings (SSSR count). The van der Waals surface area contributed by atoms with Crippen LogP contribution in [0, 0.1) is 11.8 Å². The van der Waals surface area contributed by atoms with Gasteiger partial charge < -0.3 is 19.9 Å². The summed E-state index contributed by atoms with van der Waals surface area (Å²) in [5.41, 5.74) is 0. The number of carboxylic acids is 1. The van der Waals surface area contributed by atoms with Crippen LogP contribution in [0.5, 0.6) is 0 Å². The molecular weight excluding hydrogens is 482 g/mol. The Balaban J connectivity index is 3.92. The number of hydrogen-bond acceptors (Lipinski definition) is 5. The lowest BCUT2D eigenvalue weighted by molar-refractivity contribution is -0.165. The van der Waals surface area contributed by atoms with Crippen molar-refractivity contribution in [3.63, 3.8) is 0 Å². The van der Waals surface area contributed by atoms with Gasteiger partial charge in [-0.3, -0.25) is 9.59 Å². The van der Waals surface area contributed by atoms with Gasteiger partial charge in [0.05, 0.1) is 0 Å². The second-order valence-electron chi connectivity index (χ2n) is 9.54. The van der Waals surface area contributed by atoms with Gasteiger partial charge in [0, 0.05) is 26.3 Å². The Morgan fingerprint density at radius 2 is 1.32 bits per heavy atom. The summed E-state index contributed by atoms with van der Waals surface area (Å²) in [7, 11) is 0. The van der Waals surface area contributed by atoms with E-state index in [-0.39, 0.29) is 25.3 Å². The average molecular weight is 532 g/mol. The summed E-state index contributed by atoms with van der Waals surface area (Å²) >= 11 is 0. The van der Waals surface area contributed by atoms with Crippen LogP contribution in [0.3, 0.4) is 0 Å². The third kappa shape index (κ3) is 24.6. The Kier molecular flexibility index (Phi) is 22.3. The number of nitrogens with one attached hydrogen (secondary N) is 1. The first-order chi connectivity index (χ1) is 18.2. The number of esters is 1. The lowest BCUT2D eigenvalue weighted by atomic mass is 9.94. The van der Waals surface area contributed by atoms with Crippen LogP contribution in [0.2, 0.25) is 0 Å². The molecule has 0 aliphatic carbocycles. The molecule has 0 radical (unpaired) electrons. The molecule has 2 atom stereocenters. The van der Waals surface area contributed by atoms with Crippen LogP contribution in [0.25, 0.3) is 0 Å². The van der Waals surface area contributed by atoms with Crippen molar-refractivity contribution in [2.24, 2.45) is 11.8 Å². The van der Waals surface area contributed by atoms with Gasteiger partial charge in [0.25, 0.3) is 0 Å². The number of hydrogen-bond donors (Lipinski definition) is 2. The maximum absolute atomic E-state index is 12.0. The molecule has 1 amide bonds. The molecule has 7 heteroatoms. The van der Waals surface area contributed by atoms with Crippen molar-refractivity contribution in [2.75, 3.05) is 6.54 Å².